The first kappa shape index (κ1) is 18.2. The van der Waals surface area contributed by atoms with E-state index in [1.54, 1.807) is 21.9 Å². The number of ether oxygens (including phenoxy) is 2. The molecule has 3 fully saturated rings. The van der Waals surface area contributed by atoms with Crippen LogP contribution >= 0.6 is 0 Å². The molecule has 7 nitrogen and oxygen atoms in total. The quantitative estimate of drug-likeness (QED) is 0.744. The molecule has 0 bridgehead atoms. The largest absolute Gasteiger partial charge is 0.376 e. The van der Waals surface area contributed by atoms with E-state index in [-0.39, 0.29) is 30.9 Å². The summed E-state index contributed by atoms with van der Waals surface area (Å²) in [5, 5.41) is 0. The van der Waals surface area contributed by atoms with Crippen molar-refractivity contribution < 1.29 is 23.5 Å². The van der Waals surface area contributed by atoms with E-state index in [9.17, 15) is 14.0 Å². The lowest BCUT2D eigenvalue weighted by molar-refractivity contribution is -0.145. The fourth-order valence-electron chi connectivity index (χ4n) is 3.93. The lowest BCUT2D eigenvalue weighted by Gasteiger charge is -2.43. The number of benzene rings is 1. The molecule has 0 N–H and O–H groups in total. The second-order valence-corrected chi connectivity index (χ2v) is 7.38. The molecule has 4 rings (SSSR count). The minimum absolute atomic E-state index is 0.00575. The van der Waals surface area contributed by atoms with Crippen molar-refractivity contribution in [2.45, 2.75) is 18.4 Å². The predicted molar refractivity (Wildman–Crippen MR) is 96.0 cm³/mol. The average Bonchev–Trinajstić information content (AvgIpc) is 3.13. The van der Waals surface area contributed by atoms with E-state index in [0.717, 1.165) is 25.9 Å². The number of anilines is 1. The van der Waals surface area contributed by atoms with Gasteiger partial charge < -0.3 is 24.2 Å². The second kappa shape index (κ2) is 7.44. The molecule has 0 radical (unpaired) electrons. The number of urea groups is 1. The molecule has 146 valence electrons. The van der Waals surface area contributed by atoms with Crippen molar-refractivity contribution in [1.82, 2.24) is 9.80 Å². The van der Waals surface area contributed by atoms with Gasteiger partial charge in [-0.2, -0.15) is 0 Å². The van der Waals surface area contributed by atoms with Gasteiger partial charge in [0.2, 0.25) is 0 Å². The molecule has 0 aromatic heterocycles. The first-order valence-electron chi connectivity index (χ1n) is 9.38. The number of hydrogen-bond acceptors (Lipinski definition) is 4. The molecule has 0 aliphatic carbocycles. The number of rotatable bonds is 1. The molecule has 1 spiro atoms. The van der Waals surface area contributed by atoms with Crippen LogP contribution in [0.2, 0.25) is 0 Å². The first-order valence-corrected chi connectivity index (χ1v) is 9.38. The number of hydrogen-bond donors (Lipinski definition) is 0. The zero-order valence-corrected chi connectivity index (χ0v) is 15.2. The summed E-state index contributed by atoms with van der Waals surface area (Å²) in [5.41, 5.74) is -0.167. The lowest BCUT2D eigenvalue weighted by Crippen LogP contribution is -2.62. The van der Waals surface area contributed by atoms with Crippen LogP contribution in [0.3, 0.4) is 0 Å². The first-order chi connectivity index (χ1) is 13.1. The lowest BCUT2D eigenvalue weighted by atomic mass is 10.0. The Bertz CT molecular complexity index is 707. The fraction of sp³-hybridized carbons (Fsp3) is 0.579. The van der Waals surface area contributed by atoms with Gasteiger partial charge in [0.15, 0.2) is 0 Å². The summed E-state index contributed by atoms with van der Waals surface area (Å²) in [7, 11) is 0. The summed E-state index contributed by atoms with van der Waals surface area (Å²) in [4.78, 5) is 30.5. The van der Waals surface area contributed by atoms with E-state index in [0.29, 0.717) is 32.0 Å². The van der Waals surface area contributed by atoms with Gasteiger partial charge in [0, 0.05) is 25.3 Å². The Balaban J connectivity index is 1.53. The summed E-state index contributed by atoms with van der Waals surface area (Å²) < 4.78 is 24.9. The number of halogens is 1. The van der Waals surface area contributed by atoms with Gasteiger partial charge in [-0.05, 0) is 37.1 Å². The van der Waals surface area contributed by atoms with Crippen LogP contribution in [0.4, 0.5) is 14.9 Å². The van der Waals surface area contributed by atoms with Gasteiger partial charge >= 0.3 is 6.03 Å². The molecule has 3 heterocycles. The minimum atomic E-state index is -0.784. The smallest absolute Gasteiger partial charge is 0.320 e. The second-order valence-electron chi connectivity index (χ2n) is 7.38. The summed E-state index contributed by atoms with van der Waals surface area (Å²) in [6, 6.07) is 5.83. The highest BCUT2D eigenvalue weighted by Gasteiger charge is 2.45. The molecule has 1 aromatic carbocycles. The van der Waals surface area contributed by atoms with E-state index < -0.39 is 5.60 Å². The summed E-state index contributed by atoms with van der Waals surface area (Å²) in [6.45, 7) is 3.36. The van der Waals surface area contributed by atoms with Crippen molar-refractivity contribution in [3.63, 3.8) is 0 Å². The van der Waals surface area contributed by atoms with Crippen molar-refractivity contribution in [3.05, 3.63) is 30.1 Å². The van der Waals surface area contributed by atoms with Crippen LogP contribution in [-0.2, 0) is 14.3 Å². The Labute approximate surface area is 157 Å². The average molecular weight is 377 g/mol. The molecule has 3 saturated heterocycles. The number of nitrogens with zero attached hydrogens (tertiary/aromatic N) is 3. The monoisotopic (exact) mass is 377 g/mol. The van der Waals surface area contributed by atoms with Crippen molar-refractivity contribution in [2.24, 2.45) is 0 Å². The van der Waals surface area contributed by atoms with Crippen molar-refractivity contribution in [1.29, 1.82) is 0 Å². The summed E-state index contributed by atoms with van der Waals surface area (Å²) >= 11 is 0. The Morgan fingerprint density at radius 2 is 1.78 bits per heavy atom. The van der Waals surface area contributed by atoms with Crippen LogP contribution in [0.15, 0.2) is 24.3 Å². The summed E-state index contributed by atoms with van der Waals surface area (Å²) in [5.74, 6) is -0.539. The van der Waals surface area contributed by atoms with Crippen LogP contribution < -0.4 is 4.90 Å². The predicted octanol–water partition coefficient (Wildman–Crippen LogP) is 1.48. The highest BCUT2D eigenvalue weighted by Crippen LogP contribution is 2.28. The van der Waals surface area contributed by atoms with E-state index >= 15 is 0 Å². The molecule has 1 atom stereocenters. The van der Waals surface area contributed by atoms with Crippen LogP contribution in [0.5, 0.6) is 0 Å². The molecular weight excluding hydrogens is 353 g/mol. The number of morpholine rings is 1. The molecule has 27 heavy (non-hydrogen) atoms. The van der Waals surface area contributed by atoms with Crippen molar-refractivity contribution in [3.8, 4) is 0 Å². The minimum Gasteiger partial charge on any atom is -0.376 e. The third-order valence-corrected chi connectivity index (χ3v) is 5.38. The van der Waals surface area contributed by atoms with Gasteiger partial charge in [-0.3, -0.25) is 4.79 Å². The van der Waals surface area contributed by atoms with Crippen LogP contribution in [0.1, 0.15) is 12.8 Å². The zero-order valence-electron chi connectivity index (χ0n) is 15.2. The molecule has 0 saturated carbocycles. The number of likely N-dealkylation sites (tertiary alicyclic amines) is 1. The van der Waals surface area contributed by atoms with E-state index in [1.165, 1.54) is 12.1 Å². The van der Waals surface area contributed by atoms with Gasteiger partial charge in [-0.1, -0.05) is 0 Å². The maximum atomic E-state index is 13.2. The van der Waals surface area contributed by atoms with Gasteiger partial charge in [-0.15, -0.1) is 0 Å². The maximum Gasteiger partial charge on any atom is 0.320 e. The van der Waals surface area contributed by atoms with Crippen LogP contribution in [0.25, 0.3) is 0 Å². The fourth-order valence-corrected chi connectivity index (χ4v) is 3.93. The highest BCUT2D eigenvalue weighted by molar-refractivity contribution is 5.95. The normalized spacial score (nSPS) is 26.6. The number of carbonyl (C=O) groups excluding carboxylic acids is 2. The van der Waals surface area contributed by atoms with Crippen molar-refractivity contribution >= 4 is 17.6 Å². The van der Waals surface area contributed by atoms with Gasteiger partial charge in [0.1, 0.15) is 18.0 Å². The van der Waals surface area contributed by atoms with E-state index in [4.69, 9.17) is 9.47 Å². The molecule has 1 unspecified atom stereocenters. The third kappa shape index (κ3) is 3.77. The van der Waals surface area contributed by atoms with Crippen molar-refractivity contribution in [2.75, 3.05) is 57.4 Å². The Morgan fingerprint density at radius 3 is 2.52 bits per heavy atom. The zero-order chi connectivity index (χ0) is 18.9. The SMILES string of the molecule is O=C(N1CCCC1)N1CCOCC2(C1)CN(c1ccc(F)cc1)C(=O)CO2. The van der Waals surface area contributed by atoms with E-state index in [1.807, 2.05) is 4.90 Å². The molecule has 3 aliphatic rings. The van der Waals surface area contributed by atoms with Crippen LogP contribution in [-0.4, -0.2) is 79.9 Å². The Morgan fingerprint density at radius 1 is 1.04 bits per heavy atom. The standard InChI is InChI=1S/C19H24FN3O4/c20-15-3-5-16(6-4-15)23-13-19(27-11-17(23)24)12-22(9-10-26-14-19)18(25)21-7-1-2-8-21/h3-6H,1-2,7-14H2. The third-order valence-electron chi connectivity index (χ3n) is 5.38. The van der Waals surface area contributed by atoms with E-state index in [2.05, 4.69) is 0 Å². The van der Waals surface area contributed by atoms with Crippen LogP contribution in [0, 0.1) is 5.82 Å². The van der Waals surface area contributed by atoms with Gasteiger partial charge in [-0.25, -0.2) is 9.18 Å². The molecule has 3 amide bonds. The topological polar surface area (TPSA) is 62.3 Å². The molecule has 1 aromatic rings. The summed E-state index contributed by atoms with van der Waals surface area (Å²) in [6.07, 6.45) is 2.06. The van der Waals surface area contributed by atoms with Gasteiger partial charge in [0.05, 0.1) is 26.3 Å². The number of carbonyl (C=O) groups is 2. The Hall–Kier alpha value is -2.19. The maximum absolute atomic E-state index is 13.2. The highest BCUT2D eigenvalue weighted by atomic mass is 19.1. The van der Waals surface area contributed by atoms with Gasteiger partial charge in [0.25, 0.3) is 5.91 Å². The molecular formula is C19H24FN3O4. The Kier molecular flexibility index (Phi) is 5.01. The molecule has 8 heteroatoms. The molecule has 3 aliphatic heterocycles. The number of amides is 3.